The smallest absolute Gasteiger partial charge is 0.317 e. The van der Waals surface area contributed by atoms with E-state index in [1.54, 1.807) is 0 Å². The molecule has 4 rings (SSSR count). The van der Waals surface area contributed by atoms with Gasteiger partial charge in [-0.25, -0.2) is 4.79 Å². The molecular weight excluding hydrogens is 428 g/mol. The number of hydrogen-bond acceptors (Lipinski definition) is 3. The van der Waals surface area contributed by atoms with Crippen LogP contribution in [-0.4, -0.2) is 53.0 Å². The first-order valence-electron chi connectivity index (χ1n) is 10.5. The molecule has 0 radical (unpaired) electrons. The van der Waals surface area contributed by atoms with Crippen LogP contribution in [0.15, 0.2) is 34.9 Å². The molecule has 1 saturated heterocycles. The molecule has 1 aliphatic heterocycles. The van der Waals surface area contributed by atoms with E-state index < -0.39 is 0 Å². The van der Waals surface area contributed by atoms with Crippen LogP contribution >= 0.6 is 15.9 Å². The van der Waals surface area contributed by atoms with Crippen molar-refractivity contribution in [2.45, 2.75) is 45.7 Å². The predicted molar refractivity (Wildman–Crippen MR) is 119 cm³/mol. The topological polar surface area (TPSA) is 48.5 Å². The van der Waals surface area contributed by atoms with Crippen molar-refractivity contribution in [1.82, 2.24) is 20.1 Å². The number of carbonyl (C=O) groups is 1. The van der Waals surface area contributed by atoms with E-state index in [0.29, 0.717) is 0 Å². The summed E-state index contributed by atoms with van der Waals surface area (Å²) in [5.74, 6) is 0. The molecule has 0 bridgehead atoms. The molecular formula is C23H29BrN4O. The molecule has 2 amide bonds. The van der Waals surface area contributed by atoms with Crippen LogP contribution in [0.25, 0.3) is 0 Å². The molecule has 2 aromatic rings. The van der Waals surface area contributed by atoms with Crippen LogP contribution in [0, 0.1) is 6.92 Å². The van der Waals surface area contributed by atoms with Crippen molar-refractivity contribution in [2.24, 2.45) is 0 Å². The molecule has 1 aliphatic carbocycles. The van der Waals surface area contributed by atoms with Crippen LogP contribution in [0.5, 0.6) is 0 Å². The van der Waals surface area contributed by atoms with Gasteiger partial charge in [-0.3, -0.25) is 9.88 Å². The number of pyridine rings is 1. The molecule has 1 N–H and O–H groups in total. The fourth-order valence-corrected chi connectivity index (χ4v) is 4.84. The second kappa shape index (κ2) is 8.44. The van der Waals surface area contributed by atoms with Crippen molar-refractivity contribution in [1.29, 1.82) is 0 Å². The number of hydrogen-bond donors (Lipinski definition) is 1. The summed E-state index contributed by atoms with van der Waals surface area (Å²) in [7, 11) is 0. The summed E-state index contributed by atoms with van der Waals surface area (Å²) < 4.78 is 1.03. The summed E-state index contributed by atoms with van der Waals surface area (Å²) in [6.07, 6.45) is 3.96. The fraction of sp³-hybridized carbons (Fsp3) is 0.478. The Bertz CT molecular complexity index is 852. The van der Waals surface area contributed by atoms with Crippen molar-refractivity contribution in [2.75, 3.05) is 26.2 Å². The Balaban J connectivity index is 1.64. The van der Waals surface area contributed by atoms with E-state index in [9.17, 15) is 4.79 Å². The number of piperazine rings is 1. The summed E-state index contributed by atoms with van der Waals surface area (Å²) in [5, 5.41) is 3.01. The summed E-state index contributed by atoms with van der Waals surface area (Å²) in [5.41, 5.74) is 6.57. The Hall–Kier alpha value is -1.92. The highest BCUT2D eigenvalue weighted by Gasteiger charge is 2.33. The van der Waals surface area contributed by atoms with Gasteiger partial charge in [0.1, 0.15) is 0 Å². The summed E-state index contributed by atoms with van der Waals surface area (Å²) in [6.45, 7) is 9.33. The molecule has 154 valence electrons. The Kier molecular flexibility index (Phi) is 5.93. The maximum Gasteiger partial charge on any atom is 0.317 e. The van der Waals surface area contributed by atoms with E-state index in [1.807, 2.05) is 24.9 Å². The number of rotatable bonds is 2. The zero-order valence-electron chi connectivity index (χ0n) is 17.4. The number of nitrogens with zero attached hydrogens (tertiary/aromatic N) is 3. The highest BCUT2D eigenvalue weighted by molar-refractivity contribution is 9.10. The molecule has 1 aromatic heterocycles. The standard InChI is InChI=1S/C23H29BrN4O/c1-15(2)26-23(29)28-10-8-27(9-11-28)22-20-7-4-16(3)12-17(20)5-6-18-13-19(24)14-25-21(18)22/h4,7,12-15,22H,5-6,8-11H2,1-3H3,(H,26,29). The summed E-state index contributed by atoms with van der Waals surface area (Å²) in [4.78, 5) is 21.7. The van der Waals surface area contributed by atoms with E-state index in [0.717, 1.165) is 49.2 Å². The highest BCUT2D eigenvalue weighted by Crippen LogP contribution is 2.37. The Morgan fingerprint density at radius 1 is 1.14 bits per heavy atom. The summed E-state index contributed by atoms with van der Waals surface area (Å²) >= 11 is 3.59. The van der Waals surface area contributed by atoms with Crippen LogP contribution < -0.4 is 5.32 Å². The number of amides is 2. The third-order valence-electron chi connectivity index (χ3n) is 5.86. The molecule has 1 fully saturated rings. The van der Waals surface area contributed by atoms with E-state index in [2.05, 4.69) is 57.3 Å². The minimum absolute atomic E-state index is 0.0407. The van der Waals surface area contributed by atoms with Crippen molar-refractivity contribution < 1.29 is 4.79 Å². The van der Waals surface area contributed by atoms with Crippen molar-refractivity contribution in [3.8, 4) is 0 Å². The number of benzene rings is 1. The second-order valence-corrected chi connectivity index (χ2v) is 9.35. The number of fused-ring (bicyclic) bond motifs is 2. The molecule has 1 atom stereocenters. The SMILES string of the molecule is Cc1ccc2c(c1)CCc1cc(Br)cnc1C2N1CCN(C(=O)NC(C)C)CC1. The monoisotopic (exact) mass is 456 g/mol. The van der Waals surface area contributed by atoms with Crippen LogP contribution in [0.4, 0.5) is 4.79 Å². The maximum atomic E-state index is 12.4. The van der Waals surface area contributed by atoms with Gasteiger partial charge in [-0.1, -0.05) is 23.8 Å². The Labute approximate surface area is 181 Å². The van der Waals surface area contributed by atoms with Gasteiger partial charge in [0, 0.05) is 42.9 Å². The van der Waals surface area contributed by atoms with Gasteiger partial charge in [0.2, 0.25) is 0 Å². The predicted octanol–water partition coefficient (Wildman–Crippen LogP) is 4.08. The number of nitrogens with one attached hydrogen (secondary N) is 1. The first-order chi connectivity index (χ1) is 13.9. The van der Waals surface area contributed by atoms with E-state index in [4.69, 9.17) is 4.98 Å². The van der Waals surface area contributed by atoms with Gasteiger partial charge in [-0.2, -0.15) is 0 Å². The average Bonchev–Trinajstić information content (AvgIpc) is 2.84. The first-order valence-corrected chi connectivity index (χ1v) is 11.2. The molecule has 5 nitrogen and oxygen atoms in total. The molecule has 2 heterocycles. The molecule has 0 spiro atoms. The molecule has 0 saturated carbocycles. The summed E-state index contributed by atoms with van der Waals surface area (Å²) in [6, 6.07) is 9.39. The quantitative estimate of drug-likeness (QED) is 0.740. The van der Waals surface area contributed by atoms with Crippen LogP contribution in [0.3, 0.4) is 0 Å². The highest BCUT2D eigenvalue weighted by atomic mass is 79.9. The first kappa shape index (κ1) is 20.4. The van der Waals surface area contributed by atoms with Crippen LogP contribution in [0.2, 0.25) is 0 Å². The maximum absolute atomic E-state index is 12.4. The van der Waals surface area contributed by atoms with Gasteiger partial charge in [-0.15, -0.1) is 0 Å². The molecule has 1 unspecified atom stereocenters. The van der Waals surface area contributed by atoms with E-state index in [1.165, 1.54) is 22.3 Å². The normalized spacial score (nSPS) is 19.5. The number of urea groups is 1. The van der Waals surface area contributed by atoms with Gasteiger partial charge in [0.05, 0.1) is 11.7 Å². The Morgan fingerprint density at radius 2 is 1.86 bits per heavy atom. The zero-order chi connectivity index (χ0) is 20.5. The largest absolute Gasteiger partial charge is 0.336 e. The average molecular weight is 457 g/mol. The fourth-order valence-electron chi connectivity index (χ4n) is 4.46. The number of aromatic nitrogens is 1. The van der Waals surface area contributed by atoms with E-state index in [-0.39, 0.29) is 18.1 Å². The number of aryl methyl sites for hydroxylation is 3. The molecule has 2 aliphatic rings. The minimum atomic E-state index is 0.0407. The third-order valence-corrected chi connectivity index (χ3v) is 6.30. The van der Waals surface area contributed by atoms with Gasteiger partial charge in [-0.05, 0) is 72.3 Å². The third kappa shape index (κ3) is 4.33. The lowest BCUT2D eigenvalue weighted by atomic mass is 9.94. The molecule has 1 aromatic carbocycles. The second-order valence-electron chi connectivity index (χ2n) is 8.43. The lowest BCUT2D eigenvalue weighted by Gasteiger charge is -2.40. The van der Waals surface area contributed by atoms with Crippen molar-refractivity contribution in [3.05, 3.63) is 62.9 Å². The van der Waals surface area contributed by atoms with Crippen LogP contribution in [0.1, 0.15) is 47.8 Å². The number of halogens is 1. The lowest BCUT2D eigenvalue weighted by Crippen LogP contribution is -2.53. The van der Waals surface area contributed by atoms with Gasteiger partial charge in [0.15, 0.2) is 0 Å². The van der Waals surface area contributed by atoms with Gasteiger partial charge >= 0.3 is 6.03 Å². The van der Waals surface area contributed by atoms with E-state index >= 15 is 0 Å². The number of carbonyl (C=O) groups excluding carboxylic acids is 1. The Morgan fingerprint density at radius 3 is 2.59 bits per heavy atom. The van der Waals surface area contributed by atoms with Gasteiger partial charge in [0.25, 0.3) is 0 Å². The van der Waals surface area contributed by atoms with Crippen LogP contribution in [-0.2, 0) is 12.8 Å². The zero-order valence-corrected chi connectivity index (χ0v) is 19.0. The molecule has 6 heteroatoms. The van der Waals surface area contributed by atoms with Crippen molar-refractivity contribution in [3.63, 3.8) is 0 Å². The van der Waals surface area contributed by atoms with Crippen molar-refractivity contribution >= 4 is 22.0 Å². The lowest BCUT2D eigenvalue weighted by molar-refractivity contribution is 0.118. The minimum Gasteiger partial charge on any atom is -0.336 e. The molecule has 29 heavy (non-hydrogen) atoms. The van der Waals surface area contributed by atoms with Gasteiger partial charge < -0.3 is 10.2 Å².